The zero-order valence-corrected chi connectivity index (χ0v) is 53.9. The molecule has 0 fully saturated rings. The summed E-state index contributed by atoms with van der Waals surface area (Å²) >= 11 is 0. The molecule has 0 N–H and O–H groups in total. The van der Waals surface area contributed by atoms with Crippen LogP contribution in [0.1, 0.15) is 419 Å². The van der Waals surface area contributed by atoms with Crippen molar-refractivity contribution in [3.8, 4) is 0 Å². The highest BCUT2D eigenvalue weighted by Gasteiger charge is 2.20. The molecule has 6 nitrogen and oxygen atoms in total. The van der Waals surface area contributed by atoms with Crippen LogP contribution in [0.5, 0.6) is 0 Å². The van der Waals surface area contributed by atoms with Gasteiger partial charge in [0.15, 0.2) is 6.10 Å². The molecular weight excluding hydrogens is 973 g/mol. The summed E-state index contributed by atoms with van der Waals surface area (Å²) < 4.78 is 17.0. The van der Waals surface area contributed by atoms with Gasteiger partial charge in [0.2, 0.25) is 0 Å². The largest absolute Gasteiger partial charge is 0.462 e. The fraction of sp³-hybridized carbons (Fsp3) is 0.932. The molecule has 0 radical (unpaired) electrons. The van der Waals surface area contributed by atoms with Gasteiger partial charge in [0.25, 0.3) is 0 Å². The van der Waals surface area contributed by atoms with Crippen LogP contribution in [0.25, 0.3) is 0 Å². The van der Waals surface area contributed by atoms with E-state index in [0.29, 0.717) is 19.3 Å². The van der Waals surface area contributed by atoms with Crippen LogP contribution < -0.4 is 0 Å². The van der Waals surface area contributed by atoms with Crippen LogP contribution in [-0.4, -0.2) is 37.2 Å². The highest BCUT2D eigenvalue weighted by molar-refractivity contribution is 5.71. The second-order valence-corrected chi connectivity index (χ2v) is 24.9. The van der Waals surface area contributed by atoms with E-state index in [1.54, 1.807) is 0 Å². The molecule has 0 saturated heterocycles. The maximum absolute atomic E-state index is 13.0. The smallest absolute Gasteiger partial charge is 0.306 e. The quantitative estimate of drug-likeness (QED) is 0.0261. The molecule has 0 rings (SSSR count). The van der Waals surface area contributed by atoms with E-state index in [1.807, 2.05) is 0 Å². The van der Waals surface area contributed by atoms with Crippen molar-refractivity contribution >= 4 is 17.9 Å². The third kappa shape index (κ3) is 66.8. The Hall–Kier alpha value is -1.85. The fourth-order valence-electron chi connectivity index (χ4n) is 11.3. The topological polar surface area (TPSA) is 78.9 Å². The zero-order valence-electron chi connectivity index (χ0n) is 53.9. The van der Waals surface area contributed by atoms with Crippen molar-refractivity contribution in [2.24, 2.45) is 0 Å². The molecule has 0 aliphatic rings. The van der Waals surface area contributed by atoms with Gasteiger partial charge in [0.05, 0.1) is 0 Å². The van der Waals surface area contributed by atoms with Gasteiger partial charge < -0.3 is 14.2 Å². The normalized spacial score (nSPS) is 12.0. The van der Waals surface area contributed by atoms with E-state index >= 15 is 0 Å². The summed E-state index contributed by atoms with van der Waals surface area (Å²) in [5.41, 5.74) is 0. The van der Waals surface area contributed by atoms with Crippen molar-refractivity contribution in [1.29, 1.82) is 0 Å². The number of ether oxygens (including phenoxy) is 3. The first kappa shape index (κ1) is 77.2. The monoisotopic (exact) mass is 1110 g/mol. The van der Waals surface area contributed by atoms with E-state index in [-0.39, 0.29) is 31.1 Å². The number of hydrogen-bond donors (Lipinski definition) is 0. The van der Waals surface area contributed by atoms with Crippen LogP contribution in [0.4, 0.5) is 0 Å². The summed E-state index contributed by atoms with van der Waals surface area (Å²) in [5.74, 6) is -0.823. The standard InChI is InChI=1S/C73H140O6/c1-4-7-10-13-16-19-22-25-28-30-32-33-34-35-36-37-38-39-41-42-45-48-51-54-57-60-63-66-72(75)78-69-70(68-77-71(74)65-62-59-56-53-50-47-44-27-24-21-18-15-12-9-6-3)79-73(76)67-64-61-58-55-52-49-46-43-40-31-29-26-23-20-17-14-11-8-5-2/h30,32,70H,4-29,31,33-69H2,1-3H3/b32-30-. The Balaban J connectivity index is 4.21. The maximum atomic E-state index is 13.0. The molecule has 0 heterocycles. The van der Waals surface area contributed by atoms with E-state index < -0.39 is 6.10 Å². The van der Waals surface area contributed by atoms with Crippen molar-refractivity contribution in [3.63, 3.8) is 0 Å². The van der Waals surface area contributed by atoms with E-state index in [1.165, 1.54) is 321 Å². The number of hydrogen-bond acceptors (Lipinski definition) is 6. The van der Waals surface area contributed by atoms with Gasteiger partial charge in [-0.25, -0.2) is 0 Å². The summed E-state index contributed by atoms with van der Waals surface area (Å²) in [7, 11) is 0. The molecule has 0 aromatic heterocycles. The Bertz CT molecular complexity index is 1230. The summed E-state index contributed by atoms with van der Waals surface area (Å²) in [5, 5.41) is 0. The van der Waals surface area contributed by atoms with Gasteiger partial charge in [-0.15, -0.1) is 0 Å². The van der Waals surface area contributed by atoms with Crippen LogP contribution >= 0.6 is 0 Å². The Kier molecular flexibility index (Phi) is 67.0. The molecule has 0 aromatic carbocycles. The average molecular weight is 1110 g/mol. The number of rotatable bonds is 68. The summed E-state index contributed by atoms with van der Waals surface area (Å²) in [6.45, 7) is 6.74. The van der Waals surface area contributed by atoms with Crippen LogP contribution in [0.3, 0.4) is 0 Å². The van der Waals surface area contributed by atoms with Crippen LogP contribution in [-0.2, 0) is 28.6 Å². The lowest BCUT2D eigenvalue weighted by atomic mass is 10.0. The molecule has 6 heteroatoms. The molecule has 0 aliphatic carbocycles. The maximum Gasteiger partial charge on any atom is 0.306 e. The van der Waals surface area contributed by atoms with E-state index in [9.17, 15) is 14.4 Å². The minimum absolute atomic E-state index is 0.0620. The SMILES string of the molecule is CCCCCCCCCC/C=C\CCCCCCCCCCCCCCCCCC(=O)OCC(COC(=O)CCCCCCCCCCCCCCCCC)OC(=O)CCCCCCCCCCCCCCCCCCCCC. The van der Waals surface area contributed by atoms with Crippen LogP contribution in [0.15, 0.2) is 12.2 Å². The Morgan fingerprint density at radius 2 is 0.418 bits per heavy atom. The van der Waals surface area contributed by atoms with Gasteiger partial charge in [0, 0.05) is 19.3 Å². The summed E-state index contributed by atoms with van der Waals surface area (Å²) in [6.07, 6.45) is 82.4. The lowest BCUT2D eigenvalue weighted by molar-refractivity contribution is -0.167. The number of carbonyl (C=O) groups is 3. The highest BCUT2D eigenvalue weighted by atomic mass is 16.6. The first-order chi connectivity index (χ1) is 39.0. The van der Waals surface area contributed by atoms with E-state index in [0.717, 1.165) is 57.8 Å². The molecule has 1 unspecified atom stereocenters. The van der Waals surface area contributed by atoms with Gasteiger partial charge in [-0.2, -0.15) is 0 Å². The molecule has 79 heavy (non-hydrogen) atoms. The molecule has 0 aliphatic heterocycles. The van der Waals surface area contributed by atoms with Crippen molar-refractivity contribution in [1.82, 2.24) is 0 Å². The van der Waals surface area contributed by atoms with Gasteiger partial charge in [0.1, 0.15) is 13.2 Å². The number of allylic oxidation sites excluding steroid dienone is 2. The molecule has 0 aromatic rings. The highest BCUT2D eigenvalue weighted by Crippen LogP contribution is 2.19. The molecule has 0 amide bonds. The molecular formula is C73H140O6. The van der Waals surface area contributed by atoms with Crippen molar-refractivity contribution in [2.75, 3.05) is 13.2 Å². The third-order valence-corrected chi connectivity index (χ3v) is 16.8. The van der Waals surface area contributed by atoms with E-state index in [4.69, 9.17) is 14.2 Å². The molecule has 0 bridgehead atoms. The molecule has 1 atom stereocenters. The summed E-state index contributed by atoms with van der Waals surface area (Å²) in [6, 6.07) is 0. The van der Waals surface area contributed by atoms with Gasteiger partial charge in [-0.05, 0) is 44.9 Å². The predicted molar refractivity (Wildman–Crippen MR) is 344 cm³/mol. The van der Waals surface area contributed by atoms with Crippen LogP contribution in [0.2, 0.25) is 0 Å². The average Bonchev–Trinajstić information content (AvgIpc) is 3.45. The van der Waals surface area contributed by atoms with Crippen molar-refractivity contribution < 1.29 is 28.6 Å². The first-order valence-electron chi connectivity index (χ1n) is 36.2. The Morgan fingerprint density at radius 1 is 0.241 bits per heavy atom. The first-order valence-corrected chi connectivity index (χ1v) is 36.2. The zero-order chi connectivity index (χ0) is 57.1. The summed E-state index contributed by atoms with van der Waals surface area (Å²) in [4.78, 5) is 38.5. The predicted octanol–water partition coefficient (Wildman–Crippen LogP) is 24.8. The Labute approximate surface area is 494 Å². The van der Waals surface area contributed by atoms with Gasteiger partial charge in [-0.3, -0.25) is 14.4 Å². The lowest BCUT2D eigenvalue weighted by Gasteiger charge is -2.18. The lowest BCUT2D eigenvalue weighted by Crippen LogP contribution is -2.30. The minimum atomic E-state index is -0.765. The Morgan fingerprint density at radius 3 is 0.633 bits per heavy atom. The number of esters is 3. The van der Waals surface area contributed by atoms with Gasteiger partial charge in [-0.1, -0.05) is 367 Å². The number of carbonyl (C=O) groups excluding carboxylic acids is 3. The number of unbranched alkanes of at least 4 members (excludes halogenated alkanes) is 55. The second-order valence-electron chi connectivity index (χ2n) is 24.9. The van der Waals surface area contributed by atoms with Gasteiger partial charge >= 0.3 is 17.9 Å². The van der Waals surface area contributed by atoms with E-state index in [2.05, 4.69) is 32.9 Å². The molecule has 468 valence electrons. The third-order valence-electron chi connectivity index (χ3n) is 16.8. The second kappa shape index (κ2) is 68.6. The molecule has 0 saturated carbocycles. The van der Waals surface area contributed by atoms with Crippen LogP contribution in [0, 0.1) is 0 Å². The fourth-order valence-corrected chi connectivity index (χ4v) is 11.3. The molecule has 0 spiro atoms. The van der Waals surface area contributed by atoms with Crippen molar-refractivity contribution in [3.05, 3.63) is 12.2 Å². The minimum Gasteiger partial charge on any atom is -0.462 e. The van der Waals surface area contributed by atoms with Crippen molar-refractivity contribution in [2.45, 2.75) is 425 Å².